The van der Waals surface area contributed by atoms with Crippen molar-refractivity contribution in [2.45, 2.75) is 19.5 Å². The molecule has 0 aromatic heterocycles. The van der Waals surface area contributed by atoms with E-state index < -0.39 is 0 Å². The molecule has 1 amide bonds. The van der Waals surface area contributed by atoms with Gasteiger partial charge in [0.25, 0.3) is 0 Å². The second kappa shape index (κ2) is 7.29. The number of nitrogens with one attached hydrogen (secondary N) is 1. The zero-order valence-corrected chi connectivity index (χ0v) is 13.4. The fraction of sp³-hybridized carbons (Fsp3) is 0.316. The normalized spacial score (nSPS) is 13.5. The van der Waals surface area contributed by atoms with E-state index in [1.54, 1.807) is 7.11 Å². The van der Waals surface area contributed by atoms with Gasteiger partial charge in [0.15, 0.2) is 0 Å². The van der Waals surface area contributed by atoms with E-state index in [0.717, 1.165) is 30.8 Å². The van der Waals surface area contributed by atoms with Crippen LogP contribution in [-0.4, -0.2) is 31.0 Å². The van der Waals surface area contributed by atoms with Crippen molar-refractivity contribution >= 4 is 5.91 Å². The summed E-state index contributed by atoms with van der Waals surface area (Å²) >= 11 is 0. The van der Waals surface area contributed by atoms with Crippen molar-refractivity contribution in [3.63, 3.8) is 0 Å². The molecule has 0 aliphatic carbocycles. The van der Waals surface area contributed by atoms with Gasteiger partial charge in [0.2, 0.25) is 5.91 Å². The highest BCUT2D eigenvalue weighted by atomic mass is 16.5. The highest BCUT2D eigenvalue weighted by Crippen LogP contribution is 2.18. The molecule has 1 heterocycles. The van der Waals surface area contributed by atoms with Crippen LogP contribution in [0.4, 0.5) is 0 Å². The van der Waals surface area contributed by atoms with Crippen LogP contribution in [0.2, 0.25) is 0 Å². The van der Waals surface area contributed by atoms with Gasteiger partial charge < -0.3 is 15.0 Å². The van der Waals surface area contributed by atoms with E-state index in [4.69, 9.17) is 4.74 Å². The molecule has 0 saturated carbocycles. The van der Waals surface area contributed by atoms with E-state index in [0.29, 0.717) is 13.1 Å². The Labute approximate surface area is 137 Å². The highest BCUT2D eigenvalue weighted by Gasteiger charge is 2.19. The van der Waals surface area contributed by atoms with Crippen LogP contribution in [0.3, 0.4) is 0 Å². The van der Waals surface area contributed by atoms with Crippen LogP contribution in [0, 0.1) is 0 Å². The van der Waals surface area contributed by atoms with Gasteiger partial charge in [-0.05, 0) is 35.2 Å². The first-order chi connectivity index (χ1) is 11.3. The lowest BCUT2D eigenvalue weighted by molar-refractivity contribution is -0.131. The molecule has 3 rings (SSSR count). The monoisotopic (exact) mass is 310 g/mol. The van der Waals surface area contributed by atoms with Crippen molar-refractivity contribution in [2.24, 2.45) is 0 Å². The summed E-state index contributed by atoms with van der Waals surface area (Å²) in [4.78, 5) is 14.3. The standard InChI is InChI=1S/C19H22N2O2/c1-23-18-8-6-15(7-9-18)12-20-13-19(22)21-11-10-16-4-2-3-5-17(16)14-21/h2-9,20H,10-14H2,1H3. The first-order valence-electron chi connectivity index (χ1n) is 7.94. The number of benzene rings is 2. The summed E-state index contributed by atoms with van der Waals surface area (Å²) in [5.41, 5.74) is 3.77. The average Bonchev–Trinajstić information content (AvgIpc) is 2.61. The molecule has 0 unspecified atom stereocenters. The average molecular weight is 310 g/mol. The molecule has 4 nitrogen and oxygen atoms in total. The zero-order chi connectivity index (χ0) is 16.1. The minimum atomic E-state index is 0.160. The summed E-state index contributed by atoms with van der Waals surface area (Å²) in [5.74, 6) is 1.00. The maximum absolute atomic E-state index is 12.3. The van der Waals surface area contributed by atoms with Crippen molar-refractivity contribution in [1.29, 1.82) is 0 Å². The van der Waals surface area contributed by atoms with Crippen LogP contribution < -0.4 is 10.1 Å². The van der Waals surface area contributed by atoms with Gasteiger partial charge in [0.05, 0.1) is 13.7 Å². The lowest BCUT2D eigenvalue weighted by Crippen LogP contribution is -2.41. The Morgan fingerprint density at radius 1 is 1.13 bits per heavy atom. The number of nitrogens with zero attached hydrogens (tertiary/aromatic N) is 1. The molecule has 120 valence electrons. The molecule has 0 radical (unpaired) electrons. The molecule has 1 N–H and O–H groups in total. The van der Waals surface area contributed by atoms with Crippen LogP contribution in [0.1, 0.15) is 16.7 Å². The quantitative estimate of drug-likeness (QED) is 0.922. The predicted molar refractivity (Wildman–Crippen MR) is 90.3 cm³/mol. The molecule has 0 saturated heterocycles. The van der Waals surface area contributed by atoms with E-state index in [9.17, 15) is 4.79 Å². The van der Waals surface area contributed by atoms with E-state index >= 15 is 0 Å². The third-order valence-electron chi connectivity index (χ3n) is 4.25. The Bertz CT molecular complexity index is 667. The second-order valence-electron chi connectivity index (χ2n) is 5.79. The molecule has 1 aliphatic heterocycles. The molecule has 0 bridgehead atoms. The van der Waals surface area contributed by atoms with Crippen LogP contribution in [0.5, 0.6) is 5.75 Å². The van der Waals surface area contributed by atoms with Crippen molar-refractivity contribution in [3.05, 3.63) is 65.2 Å². The third kappa shape index (κ3) is 3.90. The van der Waals surface area contributed by atoms with Gasteiger partial charge in [-0.15, -0.1) is 0 Å². The Hall–Kier alpha value is -2.33. The van der Waals surface area contributed by atoms with E-state index in [-0.39, 0.29) is 5.91 Å². The van der Waals surface area contributed by atoms with Gasteiger partial charge in [-0.1, -0.05) is 36.4 Å². The van der Waals surface area contributed by atoms with E-state index in [1.807, 2.05) is 35.2 Å². The fourth-order valence-corrected chi connectivity index (χ4v) is 2.88. The number of carbonyl (C=O) groups is 1. The smallest absolute Gasteiger partial charge is 0.236 e. The van der Waals surface area contributed by atoms with Crippen molar-refractivity contribution in [1.82, 2.24) is 10.2 Å². The van der Waals surface area contributed by atoms with E-state index in [2.05, 4.69) is 23.5 Å². The summed E-state index contributed by atoms with van der Waals surface area (Å²) in [6.45, 7) is 2.58. The molecule has 2 aromatic rings. The second-order valence-corrected chi connectivity index (χ2v) is 5.79. The Balaban J connectivity index is 1.48. The zero-order valence-electron chi connectivity index (χ0n) is 13.4. The summed E-state index contributed by atoms with van der Waals surface area (Å²) in [6.07, 6.45) is 0.945. The number of methoxy groups -OCH3 is 1. The van der Waals surface area contributed by atoms with Gasteiger partial charge >= 0.3 is 0 Å². The minimum Gasteiger partial charge on any atom is -0.497 e. The Morgan fingerprint density at radius 2 is 1.87 bits per heavy atom. The van der Waals surface area contributed by atoms with Crippen LogP contribution in [0.15, 0.2) is 48.5 Å². The molecule has 4 heteroatoms. The fourth-order valence-electron chi connectivity index (χ4n) is 2.88. The highest BCUT2D eigenvalue weighted by molar-refractivity contribution is 5.78. The first kappa shape index (κ1) is 15.6. The number of ether oxygens (including phenoxy) is 1. The van der Waals surface area contributed by atoms with Gasteiger partial charge in [0, 0.05) is 19.6 Å². The van der Waals surface area contributed by atoms with Crippen LogP contribution >= 0.6 is 0 Å². The Kier molecular flexibility index (Phi) is 4.93. The molecule has 0 spiro atoms. The van der Waals surface area contributed by atoms with Crippen molar-refractivity contribution in [2.75, 3.05) is 20.2 Å². The summed E-state index contributed by atoms with van der Waals surface area (Å²) in [6, 6.07) is 16.2. The lowest BCUT2D eigenvalue weighted by atomic mass is 10.00. The topological polar surface area (TPSA) is 41.6 Å². The maximum Gasteiger partial charge on any atom is 0.236 e. The number of rotatable bonds is 5. The van der Waals surface area contributed by atoms with Gasteiger partial charge in [0.1, 0.15) is 5.75 Å². The minimum absolute atomic E-state index is 0.160. The predicted octanol–water partition coefficient (Wildman–Crippen LogP) is 2.37. The molecular weight excluding hydrogens is 288 g/mol. The van der Waals surface area contributed by atoms with Crippen LogP contribution in [-0.2, 0) is 24.3 Å². The summed E-state index contributed by atoms with van der Waals surface area (Å²) in [7, 11) is 1.66. The molecule has 0 atom stereocenters. The van der Waals surface area contributed by atoms with E-state index in [1.165, 1.54) is 11.1 Å². The summed E-state index contributed by atoms with van der Waals surface area (Å²) in [5, 5.41) is 3.23. The van der Waals surface area contributed by atoms with Crippen molar-refractivity contribution in [3.8, 4) is 5.75 Å². The molecule has 2 aromatic carbocycles. The molecule has 1 aliphatic rings. The lowest BCUT2D eigenvalue weighted by Gasteiger charge is -2.29. The van der Waals surface area contributed by atoms with Gasteiger partial charge in [-0.2, -0.15) is 0 Å². The van der Waals surface area contributed by atoms with Crippen LogP contribution in [0.25, 0.3) is 0 Å². The number of fused-ring (bicyclic) bond motifs is 1. The third-order valence-corrected chi connectivity index (χ3v) is 4.25. The largest absolute Gasteiger partial charge is 0.497 e. The number of hydrogen-bond acceptors (Lipinski definition) is 3. The summed E-state index contributed by atoms with van der Waals surface area (Å²) < 4.78 is 5.14. The molecular formula is C19H22N2O2. The van der Waals surface area contributed by atoms with Gasteiger partial charge in [-0.3, -0.25) is 4.79 Å². The number of carbonyl (C=O) groups excluding carboxylic acids is 1. The van der Waals surface area contributed by atoms with Gasteiger partial charge in [-0.25, -0.2) is 0 Å². The maximum atomic E-state index is 12.3. The number of hydrogen-bond donors (Lipinski definition) is 1. The van der Waals surface area contributed by atoms with Crippen molar-refractivity contribution < 1.29 is 9.53 Å². The SMILES string of the molecule is COc1ccc(CNCC(=O)N2CCc3ccccc3C2)cc1. The Morgan fingerprint density at radius 3 is 2.61 bits per heavy atom. The molecule has 0 fully saturated rings. The number of amides is 1. The first-order valence-corrected chi connectivity index (χ1v) is 7.94. The molecule has 23 heavy (non-hydrogen) atoms.